The van der Waals surface area contributed by atoms with Crippen molar-refractivity contribution >= 4 is 61.7 Å². The Kier molecular flexibility index (Phi) is 21.2. The second-order valence-electron chi connectivity index (χ2n) is 17.6. The summed E-state index contributed by atoms with van der Waals surface area (Å²) in [6.45, 7) is 5.15. The van der Waals surface area contributed by atoms with Crippen molar-refractivity contribution in [1.82, 2.24) is 39.0 Å². The zero-order valence-corrected chi connectivity index (χ0v) is 46.4. The van der Waals surface area contributed by atoms with Gasteiger partial charge in [0.1, 0.15) is 41.6 Å². The Morgan fingerprint density at radius 1 is 0.598 bits per heavy atom. The maximum Gasteiger partial charge on any atom is 0.515 e. The first-order valence-corrected chi connectivity index (χ1v) is 27.9. The van der Waals surface area contributed by atoms with E-state index in [-0.39, 0.29) is 85.2 Å². The number of methoxy groups -OCH3 is 1. The van der Waals surface area contributed by atoms with Crippen LogP contribution in [0.25, 0.3) is 22.3 Å². The summed E-state index contributed by atoms with van der Waals surface area (Å²) in [4.78, 5) is 68.9. The molecule has 0 bridgehead atoms. The molecule has 0 aliphatic carbocycles. The fraction of sp³-hybridized carbons (Fsp3) is 0.294. The topological polar surface area (TPSA) is 349 Å². The quantitative estimate of drug-likeness (QED) is 0.0138. The Balaban J connectivity index is 0.000000236. The zero-order chi connectivity index (χ0) is 59.0. The number of fused-ring (bicyclic) bond motifs is 2. The van der Waals surface area contributed by atoms with E-state index in [9.17, 15) is 37.1 Å². The van der Waals surface area contributed by atoms with Crippen LogP contribution in [-0.4, -0.2) is 98.0 Å². The smallest absolute Gasteiger partial charge is 0.496 e. The average molecular weight is 1180 g/mol. The molecule has 0 aliphatic rings. The largest absolute Gasteiger partial charge is 0.515 e. The van der Waals surface area contributed by atoms with E-state index < -0.39 is 76.5 Å². The van der Waals surface area contributed by atoms with E-state index in [1.807, 2.05) is 13.8 Å². The minimum Gasteiger partial charge on any atom is -0.496 e. The number of H-pyrrole nitrogens is 2. The number of halogens is 2. The molecule has 2 unspecified atom stereocenters. The SMILES string of the molecule is COc1cc(OC(=O)OCOP(=O)(COCCn2cnc3c(=O)[nH]c(N)nc32)OCc2ccc(C)c(F)c2)ccc1C.Cc1ccc(OC(=O)OCOP(=O)(COCCn2cnc3c(=O)[nH]c(N)nc32)OCc2ccc(C)c(F)c2)cc1. The predicted molar refractivity (Wildman–Crippen MR) is 289 cm³/mol. The molecule has 0 radical (unpaired) electrons. The number of imidazole rings is 2. The van der Waals surface area contributed by atoms with Crippen molar-refractivity contribution in [1.29, 1.82) is 0 Å². The molecule has 2 atom stereocenters. The Hall–Kier alpha value is -8.40. The first-order chi connectivity index (χ1) is 39.2. The normalized spacial score (nSPS) is 12.7. The number of aromatic nitrogens is 8. The first-order valence-electron chi connectivity index (χ1n) is 24.4. The number of anilines is 2. The number of hydrogen-bond acceptors (Lipinski definition) is 23. The molecule has 6 N–H and O–H groups in total. The van der Waals surface area contributed by atoms with Gasteiger partial charge in [-0.15, -0.1) is 0 Å². The third-order valence-electron chi connectivity index (χ3n) is 11.4. The number of nitrogens with zero attached hydrogens (tertiary/aromatic N) is 6. The van der Waals surface area contributed by atoms with Gasteiger partial charge in [0.15, 0.2) is 22.3 Å². The van der Waals surface area contributed by atoms with E-state index in [1.165, 1.54) is 47.1 Å². The highest BCUT2D eigenvalue weighted by Gasteiger charge is 2.29. The average Bonchev–Trinajstić information content (AvgIpc) is 4.27. The molecular weight excluding hydrogens is 1120 g/mol. The van der Waals surface area contributed by atoms with Crippen molar-refractivity contribution in [2.45, 2.75) is 54.0 Å². The van der Waals surface area contributed by atoms with Gasteiger partial charge in [-0.3, -0.25) is 37.7 Å². The molecule has 4 heterocycles. The number of ether oxygens (including phenoxy) is 7. The number of aryl methyl sites for hydroxylation is 4. The summed E-state index contributed by atoms with van der Waals surface area (Å²) in [5.74, 6) is -0.122. The van der Waals surface area contributed by atoms with Crippen LogP contribution in [0.5, 0.6) is 17.2 Å². The van der Waals surface area contributed by atoms with E-state index >= 15 is 0 Å². The lowest BCUT2D eigenvalue weighted by molar-refractivity contribution is 0.0141. The van der Waals surface area contributed by atoms with Crippen LogP contribution in [0, 0.1) is 39.3 Å². The fourth-order valence-corrected chi connectivity index (χ4v) is 9.27. The molecule has 31 heteroatoms. The van der Waals surface area contributed by atoms with E-state index in [0.29, 0.717) is 28.0 Å². The highest BCUT2D eigenvalue weighted by molar-refractivity contribution is 7.53. The third-order valence-corrected chi connectivity index (χ3v) is 14.5. The second-order valence-corrected chi connectivity index (χ2v) is 21.6. The number of nitrogens with one attached hydrogen (secondary N) is 2. The van der Waals surface area contributed by atoms with Gasteiger partial charge in [0.05, 0.1) is 46.2 Å². The van der Waals surface area contributed by atoms with Gasteiger partial charge in [-0.2, -0.15) is 9.97 Å². The summed E-state index contributed by atoms with van der Waals surface area (Å²) < 4.78 is 116. The van der Waals surface area contributed by atoms with Crippen molar-refractivity contribution in [2.75, 3.05) is 58.1 Å². The molecule has 4 aromatic carbocycles. The number of carbonyl (C=O) groups is 2. The lowest BCUT2D eigenvalue weighted by Gasteiger charge is -2.19. The summed E-state index contributed by atoms with van der Waals surface area (Å²) in [5.41, 5.74) is 14.4. The molecule has 0 spiro atoms. The molecule has 0 aliphatic heterocycles. The number of nitrogen functional groups attached to an aromatic ring is 2. The van der Waals surface area contributed by atoms with Gasteiger partial charge < -0.3 is 62.8 Å². The Bertz CT molecular complexity index is 3750. The molecule has 0 amide bonds. The van der Waals surface area contributed by atoms with Gasteiger partial charge in [0.2, 0.25) is 25.5 Å². The van der Waals surface area contributed by atoms with Crippen LogP contribution in [0.4, 0.5) is 30.3 Å². The second kappa shape index (κ2) is 28.3. The third kappa shape index (κ3) is 17.6. The number of hydrogen-bond donors (Lipinski definition) is 4. The van der Waals surface area contributed by atoms with E-state index in [1.54, 1.807) is 74.5 Å². The molecule has 0 fully saturated rings. The van der Waals surface area contributed by atoms with Crippen molar-refractivity contribution < 1.29 is 78.8 Å². The minimum absolute atomic E-state index is 0.00790. The molecule has 0 saturated carbocycles. The molecular formula is C51H56F2N10O17P2. The van der Waals surface area contributed by atoms with Crippen molar-refractivity contribution in [3.8, 4) is 17.2 Å². The number of carbonyl (C=O) groups excluding carboxylic acids is 2. The lowest BCUT2D eigenvalue weighted by atomic mass is 10.1. The number of nitrogens with two attached hydrogens (primary N) is 2. The summed E-state index contributed by atoms with van der Waals surface area (Å²) >= 11 is 0. The minimum atomic E-state index is -4.05. The number of benzene rings is 4. The molecule has 436 valence electrons. The van der Waals surface area contributed by atoms with Crippen molar-refractivity contribution in [3.63, 3.8) is 0 Å². The van der Waals surface area contributed by atoms with Gasteiger partial charge in [-0.1, -0.05) is 48.0 Å². The Morgan fingerprint density at radius 3 is 1.49 bits per heavy atom. The van der Waals surface area contributed by atoms with Gasteiger partial charge in [-0.25, -0.2) is 28.3 Å². The standard InChI is InChI=1S/C26H29FN5O9P.C25H27FN5O8P/c1-16-4-6-18(10-20(16)27)12-39-42(35,40-14-38-26(34)41-19-7-5-17(2)21(11-19)36-3)15-37-9-8-32-13-29-22-23(32)30-25(28)31-24(22)33;1-16-3-7-19(8-4-16)39-25(33)36-14-38-40(34,37-12-18-6-5-17(2)20(26)11-18)15-35-10-9-31-13-28-21-22(31)29-24(27)30-23(21)32/h4-7,10-11,13H,8-9,12,14-15H2,1-3H3,(H3,28,30,31,33);3-8,11,13H,9-10,12,14-15H2,1-2H3,(H3,27,29,30,32). The van der Waals surface area contributed by atoms with E-state index in [4.69, 9.17) is 62.7 Å². The zero-order valence-electron chi connectivity index (χ0n) is 44.7. The predicted octanol–water partition coefficient (Wildman–Crippen LogP) is 8.07. The molecule has 0 saturated heterocycles. The van der Waals surface area contributed by atoms with Crippen LogP contribution in [0.2, 0.25) is 0 Å². The maximum atomic E-state index is 14.0. The number of rotatable bonds is 25. The Morgan fingerprint density at radius 2 is 1.04 bits per heavy atom. The molecule has 27 nitrogen and oxygen atoms in total. The van der Waals surface area contributed by atoms with Crippen LogP contribution in [0.3, 0.4) is 0 Å². The van der Waals surface area contributed by atoms with Gasteiger partial charge in [-0.05, 0) is 85.8 Å². The molecule has 82 heavy (non-hydrogen) atoms. The summed E-state index contributed by atoms with van der Waals surface area (Å²) in [6, 6.07) is 20.3. The fourth-order valence-electron chi connectivity index (χ4n) is 7.00. The summed E-state index contributed by atoms with van der Waals surface area (Å²) in [7, 11) is -6.59. The first kappa shape index (κ1) is 61.2. The van der Waals surface area contributed by atoms with Crippen LogP contribution < -0.4 is 36.8 Å². The lowest BCUT2D eigenvalue weighted by Crippen LogP contribution is -2.15. The highest BCUT2D eigenvalue weighted by Crippen LogP contribution is 2.50. The highest BCUT2D eigenvalue weighted by atomic mass is 31.2. The van der Waals surface area contributed by atoms with Gasteiger partial charge >= 0.3 is 27.5 Å². The van der Waals surface area contributed by atoms with Crippen molar-refractivity contribution in [3.05, 3.63) is 157 Å². The monoisotopic (exact) mass is 1180 g/mol. The van der Waals surface area contributed by atoms with E-state index in [0.717, 1.165) is 11.1 Å². The van der Waals surface area contributed by atoms with Crippen LogP contribution in [0.15, 0.2) is 101 Å². The van der Waals surface area contributed by atoms with Crippen LogP contribution >= 0.6 is 15.2 Å². The maximum absolute atomic E-state index is 14.0. The van der Waals surface area contributed by atoms with E-state index in [2.05, 4.69) is 29.9 Å². The molecule has 8 aromatic rings. The molecule has 4 aromatic heterocycles. The summed E-state index contributed by atoms with van der Waals surface area (Å²) in [6.07, 6.45) is -0.495. The Labute approximate surface area is 464 Å². The van der Waals surface area contributed by atoms with Crippen LogP contribution in [-0.2, 0) is 72.5 Å². The number of aromatic amines is 2. The molecule has 8 rings (SSSR count). The van der Waals surface area contributed by atoms with Crippen molar-refractivity contribution in [2.24, 2.45) is 0 Å². The van der Waals surface area contributed by atoms with Crippen LogP contribution in [0.1, 0.15) is 33.4 Å². The summed E-state index contributed by atoms with van der Waals surface area (Å²) in [5, 5.41) is 0. The van der Waals surface area contributed by atoms with Gasteiger partial charge in [0, 0.05) is 19.2 Å². The van der Waals surface area contributed by atoms with Gasteiger partial charge in [0.25, 0.3) is 11.1 Å².